The molecule has 0 aliphatic heterocycles. The summed E-state index contributed by atoms with van der Waals surface area (Å²) in [6.07, 6.45) is 0.228. The number of nitrogens with one attached hydrogen (secondary N) is 1. The highest BCUT2D eigenvalue weighted by Gasteiger charge is 2.30. The predicted octanol–water partition coefficient (Wildman–Crippen LogP) is 3.67. The molecule has 0 aliphatic rings. The Kier molecular flexibility index (Phi) is 5.82. The molecule has 0 aromatic heterocycles. The Labute approximate surface area is 118 Å². The molecule has 0 saturated heterocycles. The van der Waals surface area contributed by atoms with Crippen molar-refractivity contribution in [1.29, 1.82) is 0 Å². The van der Waals surface area contributed by atoms with Crippen molar-refractivity contribution in [3.63, 3.8) is 0 Å². The quantitative estimate of drug-likeness (QED) is 0.638. The minimum Gasteiger partial charge on any atom is -0.282 e. The number of thioether (sulfide) groups is 1. The van der Waals surface area contributed by atoms with Crippen LogP contribution >= 0.6 is 23.4 Å². The van der Waals surface area contributed by atoms with E-state index in [0.717, 1.165) is 0 Å². The van der Waals surface area contributed by atoms with Gasteiger partial charge in [0.05, 0.1) is 11.4 Å². The van der Waals surface area contributed by atoms with Gasteiger partial charge in [-0.3, -0.25) is 4.72 Å². The van der Waals surface area contributed by atoms with Crippen molar-refractivity contribution in [3.8, 4) is 0 Å². The average Bonchev–Trinajstić information content (AvgIpc) is 2.27. The molecule has 0 saturated carbocycles. The number of hydrogen-bond donors (Lipinski definition) is 1. The minimum absolute atomic E-state index is 0.0839. The fourth-order valence-electron chi connectivity index (χ4n) is 1.23. The Morgan fingerprint density at radius 3 is 2.47 bits per heavy atom. The van der Waals surface area contributed by atoms with Crippen LogP contribution in [0.3, 0.4) is 0 Å². The zero-order valence-electron chi connectivity index (χ0n) is 9.58. The first-order valence-corrected chi connectivity index (χ1v) is 8.15. The lowest BCUT2D eigenvalue weighted by Crippen LogP contribution is -2.17. The molecule has 9 heteroatoms. The number of para-hydroxylation sites is 1. The standard InChI is InChI=1S/C10H11ClF3NO2S2/c11-6-3-7-19(16,17)15-8-4-1-2-5-9(8)18-10(12,13)14/h1-2,4-5,15H,3,6-7H2. The first-order valence-electron chi connectivity index (χ1n) is 5.15. The maximum Gasteiger partial charge on any atom is 0.446 e. The Morgan fingerprint density at radius 1 is 1.26 bits per heavy atom. The molecule has 0 heterocycles. The summed E-state index contributed by atoms with van der Waals surface area (Å²) in [5.41, 5.74) is -4.56. The first-order chi connectivity index (χ1) is 8.73. The Balaban J connectivity index is 2.89. The Hall–Kier alpha value is -0.600. The molecule has 0 spiro atoms. The molecular weight excluding hydrogens is 323 g/mol. The molecule has 0 radical (unpaired) electrons. The van der Waals surface area contributed by atoms with E-state index in [1.54, 1.807) is 0 Å². The average molecular weight is 334 g/mol. The molecule has 0 bridgehead atoms. The predicted molar refractivity (Wildman–Crippen MR) is 71.1 cm³/mol. The van der Waals surface area contributed by atoms with Crippen LogP contribution in [-0.2, 0) is 10.0 Å². The van der Waals surface area contributed by atoms with E-state index >= 15 is 0 Å². The van der Waals surface area contributed by atoms with Crippen molar-refractivity contribution in [2.75, 3.05) is 16.4 Å². The highest BCUT2D eigenvalue weighted by molar-refractivity contribution is 8.00. The smallest absolute Gasteiger partial charge is 0.282 e. The highest BCUT2D eigenvalue weighted by Crippen LogP contribution is 2.40. The van der Waals surface area contributed by atoms with Gasteiger partial charge in [0.1, 0.15) is 0 Å². The topological polar surface area (TPSA) is 46.2 Å². The molecule has 3 nitrogen and oxygen atoms in total. The maximum absolute atomic E-state index is 12.3. The second kappa shape index (κ2) is 6.71. The van der Waals surface area contributed by atoms with Gasteiger partial charge in [-0.05, 0) is 30.3 Å². The van der Waals surface area contributed by atoms with Gasteiger partial charge in [0, 0.05) is 10.8 Å². The minimum atomic E-state index is -4.47. The van der Waals surface area contributed by atoms with Crippen molar-refractivity contribution in [3.05, 3.63) is 24.3 Å². The van der Waals surface area contributed by atoms with Gasteiger partial charge in [0.15, 0.2) is 0 Å². The summed E-state index contributed by atoms with van der Waals surface area (Å²) < 4.78 is 62.3. The van der Waals surface area contributed by atoms with E-state index in [4.69, 9.17) is 11.6 Å². The molecule has 0 unspecified atom stereocenters. The van der Waals surface area contributed by atoms with Gasteiger partial charge in [-0.1, -0.05) is 12.1 Å². The van der Waals surface area contributed by atoms with E-state index in [9.17, 15) is 21.6 Å². The van der Waals surface area contributed by atoms with E-state index in [-0.39, 0.29) is 40.4 Å². The van der Waals surface area contributed by atoms with E-state index < -0.39 is 15.5 Å². The lowest BCUT2D eigenvalue weighted by molar-refractivity contribution is -0.0327. The lowest BCUT2D eigenvalue weighted by Gasteiger charge is -2.13. The van der Waals surface area contributed by atoms with Crippen LogP contribution in [-0.4, -0.2) is 25.6 Å². The van der Waals surface area contributed by atoms with Gasteiger partial charge >= 0.3 is 5.51 Å². The summed E-state index contributed by atoms with van der Waals surface area (Å²) in [5, 5.41) is 0. The number of hydrogen-bond acceptors (Lipinski definition) is 3. The summed E-state index contributed by atoms with van der Waals surface area (Å²) >= 11 is 5.02. The van der Waals surface area contributed by atoms with E-state index in [0.29, 0.717) is 0 Å². The van der Waals surface area contributed by atoms with E-state index in [2.05, 4.69) is 4.72 Å². The Bertz CT molecular complexity index is 520. The van der Waals surface area contributed by atoms with Crippen molar-refractivity contribution < 1.29 is 21.6 Å². The first kappa shape index (κ1) is 16.5. The Morgan fingerprint density at radius 2 is 1.89 bits per heavy atom. The van der Waals surface area contributed by atoms with Crippen LogP contribution in [0.15, 0.2) is 29.2 Å². The summed E-state index contributed by atoms with van der Waals surface area (Å²) in [5.74, 6) is -0.0681. The summed E-state index contributed by atoms with van der Waals surface area (Å²) in [6.45, 7) is 0. The monoisotopic (exact) mass is 333 g/mol. The third-order valence-electron chi connectivity index (χ3n) is 1.92. The van der Waals surface area contributed by atoms with Crippen LogP contribution in [0.5, 0.6) is 0 Å². The number of anilines is 1. The van der Waals surface area contributed by atoms with Crippen molar-refractivity contribution >= 4 is 39.1 Å². The number of rotatable bonds is 6. The molecule has 1 rings (SSSR count). The van der Waals surface area contributed by atoms with Crippen LogP contribution in [0.2, 0.25) is 0 Å². The second-order valence-electron chi connectivity index (χ2n) is 3.51. The highest BCUT2D eigenvalue weighted by atomic mass is 35.5. The second-order valence-corrected chi connectivity index (χ2v) is 6.83. The maximum atomic E-state index is 12.3. The SMILES string of the molecule is O=S(=O)(CCCCl)Nc1ccccc1SC(F)(F)F. The van der Waals surface area contributed by atoms with Crippen molar-refractivity contribution in [2.24, 2.45) is 0 Å². The largest absolute Gasteiger partial charge is 0.446 e. The lowest BCUT2D eigenvalue weighted by atomic mass is 10.3. The number of halogens is 4. The van der Waals surface area contributed by atoms with Gasteiger partial charge in [-0.25, -0.2) is 8.42 Å². The summed E-state index contributed by atoms with van der Waals surface area (Å²) in [6, 6.07) is 5.36. The van der Waals surface area contributed by atoms with Crippen LogP contribution in [0, 0.1) is 0 Å². The zero-order valence-corrected chi connectivity index (χ0v) is 12.0. The van der Waals surface area contributed by atoms with Crippen molar-refractivity contribution in [1.82, 2.24) is 0 Å². The molecule has 0 atom stereocenters. The van der Waals surface area contributed by atoms with Crippen molar-refractivity contribution in [2.45, 2.75) is 16.8 Å². The van der Waals surface area contributed by atoms with Gasteiger partial charge in [0.2, 0.25) is 10.0 Å². The molecule has 1 N–H and O–H groups in total. The van der Waals surface area contributed by atoms with Crippen LogP contribution in [0.25, 0.3) is 0 Å². The van der Waals surface area contributed by atoms with Gasteiger partial charge in [0.25, 0.3) is 0 Å². The number of benzene rings is 1. The molecule has 0 amide bonds. The number of sulfonamides is 1. The van der Waals surface area contributed by atoms with Crippen LogP contribution in [0.1, 0.15) is 6.42 Å². The van der Waals surface area contributed by atoms with E-state index in [1.165, 1.54) is 24.3 Å². The third kappa shape index (κ3) is 6.40. The molecule has 1 aromatic carbocycles. The molecule has 19 heavy (non-hydrogen) atoms. The molecular formula is C10H11ClF3NO2S2. The molecule has 1 aromatic rings. The number of alkyl halides is 4. The fraction of sp³-hybridized carbons (Fsp3) is 0.400. The molecule has 108 valence electrons. The van der Waals surface area contributed by atoms with Gasteiger partial charge in [-0.15, -0.1) is 11.6 Å². The summed E-state index contributed by atoms with van der Waals surface area (Å²) in [7, 11) is -3.69. The van der Waals surface area contributed by atoms with Gasteiger partial charge < -0.3 is 0 Å². The zero-order chi connectivity index (χ0) is 14.5. The van der Waals surface area contributed by atoms with E-state index in [1.807, 2.05) is 0 Å². The third-order valence-corrected chi connectivity index (χ3v) is 4.36. The normalized spacial score (nSPS) is 12.4. The van der Waals surface area contributed by atoms with Crippen LogP contribution in [0.4, 0.5) is 18.9 Å². The fourth-order valence-corrected chi connectivity index (χ4v) is 3.35. The molecule has 0 fully saturated rings. The van der Waals surface area contributed by atoms with Crippen LogP contribution < -0.4 is 4.72 Å². The summed E-state index contributed by atoms with van der Waals surface area (Å²) in [4.78, 5) is -0.190. The molecule has 0 aliphatic carbocycles. The van der Waals surface area contributed by atoms with Gasteiger partial charge in [-0.2, -0.15) is 13.2 Å².